The van der Waals surface area contributed by atoms with E-state index in [1.165, 1.54) is 50.3 Å². The number of nitriles is 1. The van der Waals surface area contributed by atoms with E-state index in [4.69, 9.17) is 27.7 Å². The van der Waals surface area contributed by atoms with Gasteiger partial charge in [0.1, 0.15) is 51.1 Å². The van der Waals surface area contributed by atoms with Gasteiger partial charge in [0.15, 0.2) is 0 Å². The van der Waals surface area contributed by atoms with E-state index >= 15 is 0 Å². The van der Waals surface area contributed by atoms with Crippen LogP contribution in [-0.4, -0.2) is 43.9 Å². The van der Waals surface area contributed by atoms with Crippen molar-refractivity contribution in [2.75, 3.05) is 26.4 Å². The maximum atomic E-state index is 9.65. The molecular weight excluding hydrogens is 939 g/mol. The molecule has 2 heterocycles. The van der Waals surface area contributed by atoms with Crippen LogP contribution in [0.5, 0.6) is 23.0 Å². The third kappa shape index (κ3) is 15.2. The van der Waals surface area contributed by atoms with Crippen molar-refractivity contribution in [2.45, 2.75) is 130 Å². The van der Waals surface area contributed by atoms with Gasteiger partial charge in [0.2, 0.25) is 0 Å². The maximum absolute atomic E-state index is 9.65. The molecule has 0 amide bonds. The van der Waals surface area contributed by atoms with Gasteiger partial charge in [0.25, 0.3) is 0 Å². The fourth-order valence-corrected chi connectivity index (χ4v) is 9.29. The van der Waals surface area contributed by atoms with E-state index in [1.54, 1.807) is 6.07 Å². The van der Waals surface area contributed by atoms with Crippen molar-refractivity contribution < 1.29 is 18.9 Å². The van der Waals surface area contributed by atoms with E-state index in [2.05, 4.69) is 119 Å². The number of aromatic nitrogens is 4. The Morgan fingerprint density at radius 3 is 1.16 bits per heavy atom. The molecule has 0 N–H and O–H groups in total. The van der Waals surface area contributed by atoms with Crippen LogP contribution in [0.3, 0.4) is 0 Å². The van der Waals surface area contributed by atoms with Gasteiger partial charge in [-0.1, -0.05) is 159 Å². The highest BCUT2D eigenvalue weighted by molar-refractivity contribution is 9.10. The summed E-state index contributed by atoms with van der Waals surface area (Å²) in [6.45, 7) is 11.4. The van der Waals surface area contributed by atoms with Crippen LogP contribution in [0.1, 0.15) is 169 Å². The molecule has 9 nitrogen and oxygen atoms in total. The van der Waals surface area contributed by atoms with Crippen LogP contribution in [0.4, 0.5) is 0 Å². The average molecular weight is 1010 g/mol. The number of hydrogen-bond acceptors (Lipinski definition) is 11. The van der Waals surface area contributed by atoms with Gasteiger partial charge in [-0.05, 0) is 71.9 Å². The quantitative estimate of drug-likeness (QED) is 0.0321. The number of nitrogens with zero attached hydrogens (tertiary/aromatic N) is 5. The standard InChI is InChI=1S/C55H66BrN5O4S2/c1-5-9-13-17-31-62-48-36-44(28-24-42-26-30-46(39-57)55-54(42)60-67-61-55)49(63-32-18-14-10-6-2)35-43(48)27-23-40-21-22-41(53-52(40)58-66-59-53)25-29-45-37-51(65-34-20-16-12-8-4)47(56)38-50(45)64-33-19-15-11-7-3/h21-30,35-38H,5-20,31-34H2,1-4H3/b27-23+,28-24+,29-25+. The molecule has 2 aromatic heterocycles. The third-order valence-corrected chi connectivity index (χ3v) is 13.3. The van der Waals surface area contributed by atoms with E-state index in [1.807, 2.05) is 18.2 Å². The molecule has 0 saturated heterocycles. The van der Waals surface area contributed by atoms with Gasteiger partial charge < -0.3 is 18.9 Å². The first kappa shape index (κ1) is 51.3. The minimum absolute atomic E-state index is 0.518. The molecule has 0 aliphatic heterocycles. The zero-order valence-corrected chi connectivity index (χ0v) is 43.0. The first-order valence-corrected chi connectivity index (χ1v) is 26.7. The molecule has 12 heteroatoms. The van der Waals surface area contributed by atoms with Crippen LogP contribution in [0.2, 0.25) is 0 Å². The molecule has 0 fully saturated rings. The topological polar surface area (TPSA) is 112 Å². The zero-order chi connectivity index (χ0) is 47.1. The van der Waals surface area contributed by atoms with Gasteiger partial charge in [-0.2, -0.15) is 22.8 Å². The van der Waals surface area contributed by atoms with Crippen molar-refractivity contribution >= 4 is 97.9 Å². The van der Waals surface area contributed by atoms with E-state index < -0.39 is 0 Å². The molecule has 6 aromatic rings. The highest BCUT2D eigenvalue weighted by Gasteiger charge is 2.15. The number of halogens is 1. The summed E-state index contributed by atoms with van der Waals surface area (Å²) in [5.41, 5.74) is 9.12. The van der Waals surface area contributed by atoms with Crippen LogP contribution in [0.15, 0.2) is 53.0 Å². The minimum atomic E-state index is 0.518. The van der Waals surface area contributed by atoms with Crippen molar-refractivity contribution in [3.63, 3.8) is 0 Å². The first-order chi connectivity index (χ1) is 33.0. The summed E-state index contributed by atoms with van der Waals surface area (Å²) in [5, 5.41) is 9.65. The van der Waals surface area contributed by atoms with Gasteiger partial charge in [-0.3, -0.25) is 0 Å². The third-order valence-electron chi connectivity index (χ3n) is 11.6. The Balaban J connectivity index is 1.31. The lowest BCUT2D eigenvalue weighted by molar-refractivity contribution is 0.295. The molecule has 67 heavy (non-hydrogen) atoms. The number of unbranched alkanes of at least 4 members (excludes halogenated alkanes) is 12. The molecule has 0 saturated carbocycles. The van der Waals surface area contributed by atoms with Crippen LogP contribution in [0, 0.1) is 11.3 Å². The Hall–Kier alpha value is -5.09. The smallest absolute Gasteiger partial charge is 0.134 e. The van der Waals surface area contributed by atoms with E-state index in [0.29, 0.717) is 43.0 Å². The van der Waals surface area contributed by atoms with Gasteiger partial charge in [0.05, 0.1) is 59.9 Å². The second-order valence-corrected chi connectivity index (χ2v) is 18.8. The second kappa shape index (κ2) is 28.3. The lowest BCUT2D eigenvalue weighted by atomic mass is 10.0. The Bertz CT molecular complexity index is 2610. The van der Waals surface area contributed by atoms with Crippen molar-refractivity contribution in [1.82, 2.24) is 17.5 Å². The highest BCUT2D eigenvalue weighted by Crippen LogP contribution is 2.37. The molecule has 6 rings (SSSR count). The Kier molecular flexibility index (Phi) is 21.7. The van der Waals surface area contributed by atoms with Crippen LogP contribution in [0.25, 0.3) is 58.5 Å². The maximum Gasteiger partial charge on any atom is 0.134 e. The largest absolute Gasteiger partial charge is 0.493 e. The number of fused-ring (bicyclic) bond motifs is 2. The molecule has 0 unspecified atom stereocenters. The lowest BCUT2D eigenvalue weighted by Gasteiger charge is -2.15. The molecule has 0 atom stereocenters. The van der Waals surface area contributed by atoms with E-state index in [0.717, 1.165) is 148 Å². The Morgan fingerprint density at radius 2 is 0.761 bits per heavy atom. The van der Waals surface area contributed by atoms with Gasteiger partial charge in [0, 0.05) is 33.4 Å². The molecule has 0 bridgehead atoms. The van der Waals surface area contributed by atoms with Crippen molar-refractivity contribution in [1.29, 1.82) is 5.26 Å². The molecule has 354 valence electrons. The van der Waals surface area contributed by atoms with Gasteiger partial charge in [-0.25, -0.2) is 0 Å². The minimum Gasteiger partial charge on any atom is -0.493 e. The number of benzene rings is 4. The average Bonchev–Trinajstić information content (AvgIpc) is 4.05. The van der Waals surface area contributed by atoms with Crippen LogP contribution < -0.4 is 18.9 Å². The fourth-order valence-electron chi connectivity index (χ4n) is 7.69. The Labute approximate surface area is 415 Å². The summed E-state index contributed by atoms with van der Waals surface area (Å²) in [6, 6.07) is 18.5. The monoisotopic (exact) mass is 1000 g/mol. The number of ether oxygens (including phenoxy) is 4. The van der Waals surface area contributed by atoms with Crippen LogP contribution >= 0.6 is 39.4 Å². The summed E-state index contributed by atoms with van der Waals surface area (Å²) in [7, 11) is 0. The zero-order valence-electron chi connectivity index (χ0n) is 39.8. The van der Waals surface area contributed by atoms with Gasteiger partial charge in [-0.15, -0.1) is 0 Å². The van der Waals surface area contributed by atoms with Crippen molar-refractivity contribution in [2.24, 2.45) is 0 Å². The Morgan fingerprint density at radius 1 is 0.433 bits per heavy atom. The summed E-state index contributed by atoms with van der Waals surface area (Å²) >= 11 is 6.09. The molecular formula is C55H66BrN5O4S2. The summed E-state index contributed by atoms with van der Waals surface area (Å²) in [4.78, 5) is 0. The summed E-state index contributed by atoms with van der Waals surface area (Å²) in [6.07, 6.45) is 30.5. The molecule has 0 aliphatic rings. The fraction of sp³-hybridized carbons (Fsp3) is 0.436. The second-order valence-electron chi connectivity index (χ2n) is 16.9. The summed E-state index contributed by atoms with van der Waals surface area (Å²) in [5.74, 6) is 3.19. The predicted octanol–water partition coefficient (Wildman–Crippen LogP) is 16.7. The van der Waals surface area contributed by atoms with Crippen molar-refractivity contribution in [3.8, 4) is 29.1 Å². The summed E-state index contributed by atoms with van der Waals surface area (Å²) < 4.78 is 45.2. The van der Waals surface area contributed by atoms with Crippen molar-refractivity contribution in [3.05, 3.63) is 91.9 Å². The predicted molar refractivity (Wildman–Crippen MR) is 285 cm³/mol. The first-order valence-electron chi connectivity index (χ1n) is 24.4. The lowest BCUT2D eigenvalue weighted by Crippen LogP contribution is -2.03. The normalized spacial score (nSPS) is 11.8. The van der Waals surface area contributed by atoms with Gasteiger partial charge >= 0.3 is 0 Å². The van der Waals surface area contributed by atoms with Crippen LogP contribution in [-0.2, 0) is 0 Å². The molecule has 0 aliphatic carbocycles. The molecule has 0 spiro atoms. The number of rotatable bonds is 30. The SMILES string of the molecule is CCCCCCOc1cc(/C=C/c2ccc(/C=C/c3cc(OCCCCCC)c(/C=C/c4ccc(C#N)c5nsnc45)cc3OCCCCCC)c3nsnc23)c(OCCCCCC)cc1Br. The molecule has 0 radical (unpaired) electrons. The number of hydrogen-bond donors (Lipinski definition) is 0. The van der Waals surface area contributed by atoms with E-state index in [9.17, 15) is 5.26 Å². The van der Waals surface area contributed by atoms with E-state index in [-0.39, 0.29) is 0 Å². The highest BCUT2D eigenvalue weighted by atomic mass is 79.9. The molecule has 4 aromatic carbocycles.